The Bertz CT molecular complexity index is 1000. The van der Waals surface area contributed by atoms with E-state index < -0.39 is 11.9 Å². The molecule has 2 heterocycles. The van der Waals surface area contributed by atoms with Crippen LogP contribution < -0.4 is 20.1 Å². The first-order valence-electron chi connectivity index (χ1n) is 9.80. The fourth-order valence-corrected chi connectivity index (χ4v) is 4.48. The van der Waals surface area contributed by atoms with Crippen molar-refractivity contribution in [1.29, 1.82) is 0 Å². The Kier molecular flexibility index (Phi) is 7.34. The van der Waals surface area contributed by atoms with Crippen molar-refractivity contribution in [3.63, 3.8) is 0 Å². The highest BCUT2D eigenvalue weighted by Gasteiger charge is 2.27. The van der Waals surface area contributed by atoms with Crippen LogP contribution in [0.5, 0.6) is 11.5 Å². The zero-order valence-corrected chi connectivity index (χ0v) is 19.3. The summed E-state index contributed by atoms with van der Waals surface area (Å²) in [6.07, 6.45) is 0. The second-order valence-electron chi connectivity index (χ2n) is 6.63. The monoisotopic (exact) mass is 464 g/mol. The molecule has 0 saturated carbocycles. The van der Waals surface area contributed by atoms with Gasteiger partial charge >= 0.3 is 11.9 Å². The van der Waals surface area contributed by atoms with Crippen LogP contribution in [0.4, 0.5) is 5.00 Å². The summed E-state index contributed by atoms with van der Waals surface area (Å²) in [6.45, 7) is 7.74. The molecule has 1 aliphatic rings. The average Bonchev–Trinajstić information content (AvgIpc) is 3.31. The lowest BCUT2D eigenvalue weighted by atomic mass is 10.1. The number of fused-ring (bicyclic) bond motifs is 1. The van der Waals surface area contributed by atoms with Crippen LogP contribution in [-0.4, -0.2) is 37.1 Å². The minimum absolute atomic E-state index is 0.147. The van der Waals surface area contributed by atoms with E-state index in [0.717, 1.165) is 16.9 Å². The predicted octanol–water partition coefficient (Wildman–Crippen LogP) is 4.19. The molecule has 0 radical (unpaired) electrons. The second kappa shape index (κ2) is 9.97. The standard InChI is InChI=1S/C21H24N2O6S2/c1-5-26-19(24)16-11(3)17(20(25)27-6-2)31-18(16)23-21(30)22-12(4)13-7-8-14-15(9-13)29-10-28-14/h7-9,12H,5-6,10H2,1-4H3,(H2,22,23,30). The number of hydrogen-bond donors (Lipinski definition) is 2. The summed E-state index contributed by atoms with van der Waals surface area (Å²) in [4.78, 5) is 25.1. The molecule has 8 nitrogen and oxygen atoms in total. The van der Waals surface area contributed by atoms with E-state index in [1.54, 1.807) is 20.8 Å². The highest BCUT2D eigenvalue weighted by atomic mass is 32.1. The van der Waals surface area contributed by atoms with Gasteiger partial charge in [0.2, 0.25) is 6.79 Å². The number of ether oxygens (including phenoxy) is 4. The Balaban J connectivity index is 1.78. The van der Waals surface area contributed by atoms with Gasteiger partial charge in [0.1, 0.15) is 9.88 Å². The van der Waals surface area contributed by atoms with Crippen LogP contribution in [0, 0.1) is 6.92 Å². The Morgan fingerprint density at radius 3 is 2.55 bits per heavy atom. The van der Waals surface area contributed by atoms with Gasteiger partial charge in [-0.2, -0.15) is 0 Å². The molecular formula is C21H24N2O6S2. The van der Waals surface area contributed by atoms with Crippen LogP contribution in [-0.2, 0) is 9.47 Å². The summed E-state index contributed by atoms with van der Waals surface area (Å²) >= 11 is 6.56. The van der Waals surface area contributed by atoms with E-state index in [-0.39, 0.29) is 31.6 Å². The van der Waals surface area contributed by atoms with Gasteiger partial charge < -0.3 is 29.6 Å². The van der Waals surface area contributed by atoms with E-state index >= 15 is 0 Å². The lowest BCUT2D eigenvalue weighted by Gasteiger charge is -2.17. The molecule has 1 atom stereocenters. The second-order valence-corrected chi connectivity index (χ2v) is 8.06. The Hall–Kier alpha value is -2.85. The molecule has 3 rings (SSSR count). The number of carbonyl (C=O) groups is 2. The van der Waals surface area contributed by atoms with Crippen molar-refractivity contribution in [2.24, 2.45) is 0 Å². The SMILES string of the molecule is CCOC(=O)c1sc(NC(=S)NC(C)c2ccc3c(c2)OCO3)c(C(=O)OCC)c1C. The van der Waals surface area contributed by atoms with Crippen molar-refractivity contribution < 1.29 is 28.5 Å². The molecule has 0 saturated heterocycles. The van der Waals surface area contributed by atoms with Crippen molar-refractivity contribution >= 4 is 45.6 Å². The predicted molar refractivity (Wildman–Crippen MR) is 121 cm³/mol. The maximum absolute atomic E-state index is 12.5. The molecular weight excluding hydrogens is 440 g/mol. The summed E-state index contributed by atoms with van der Waals surface area (Å²) in [5, 5.41) is 6.94. The van der Waals surface area contributed by atoms with Crippen molar-refractivity contribution in [2.75, 3.05) is 25.3 Å². The number of benzene rings is 1. The molecule has 10 heteroatoms. The Labute approximate surface area is 189 Å². The fourth-order valence-electron chi connectivity index (χ4n) is 3.04. The van der Waals surface area contributed by atoms with Crippen molar-refractivity contribution in [3.05, 3.63) is 39.8 Å². The van der Waals surface area contributed by atoms with Gasteiger partial charge in [-0.25, -0.2) is 9.59 Å². The molecule has 1 unspecified atom stereocenters. The maximum Gasteiger partial charge on any atom is 0.348 e. The zero-order valence-electron chi connectivity index (χ0n) is 17.7. The highest BCUT2D eigenvalue weighted by Crippen LogP contribution is 2.35. The molecule has 0 fully saturated rings. The number of anilines is 1. The summed E-state index contributed by atoms with van der Waals surface area (Å²) in [7, 11) is 0. The summed E-state index contributed by atoms with van der Waals surface area (Å²) in [6, 6.07) is 5.51. The summed E-state index contributed by atoms with van der Waals surface area (Å²) in [5.74, 6) is 0.371. The minimum atomic E-state index is -0.527. The first-order chi connectivity index (χ1) is 14.8. The smallest absolute Gasteiger partial charge is 0.348 e. The zero-order chi connectivity index (χ0) is 22.5. The average molecular weight is 465 g/mol. The topological polar surface area (TPSA) is 95.1 Å². The number of hydrogen-bond acceptors (Lipinski definition) is 8. The third kappa shape index (κ3) is 5.08. The molecule has 31 heavy (non-hydrogen) atoms. The van der Waals surface area contributed by atoms with E-state index in [1.165, 1.54) is 0 Å². The third-order valence-electron chi connectivity index (χ3n) is 4.56. The summed E-state index contributed by atoms with van der Waals surface area (Å²) in [5.41, 5.74) is 1.72. The molecule has 0 amide bonds. The number of esters is 2. The van der Waals surface area contributed by atoms with Crippen molar-refractivity contribution in [3.8, 4) is 11.5 Å². The lowest BCUT2D eigenvalue weighted by Crippen LogP contribution is -2.31. The number of rotatable bonds is 7. The van der Waals surface area contributed by atoms with Crippen LogP contribution in [0.25, 0.3) is 0 Å². The normalized spacial score (nSPS) is 12.8. The van der Waals surface area contributed by atoms with E-state index in [2.05, 4.69) is 10.6 Å². The van der Waals surface area contributed by atoms with Crippen LogP contribution in [0.2, 0.25) is 0 Å². The molecule has 1 aliphatic heterocycles. The van der Waals surface area contributed by atoms with Gasteiger partial charge in [0, 0.05) is 0 Å². The number of nitrogens with one attached hydrogen (secondary N) is 2. The number of thiocarbonyl (C=S) groups is 1. The lowest BCUT2D eigenvalue weighted by molar-refractivity contribution is 0.0527. The van der Waals surface area contributed by atoms with Gasteiger partial charge in [0.25, 0.3) is 0 Å². The largest absolute Gasteiger partial charge is 0.462 e. The first kappa shape index (κ1) is 22.8. The van der Waals surface area contributed by atoms with Crippen LogP contribution in [0.3, 0.4) is 0 Å². The first-order valence-corrected chi connectivity index (χ1v) is 11.0. The van der Waals surface area contributed by atoms with Gasteiger partial charge in [-0.3, -0.25) is 0 Å². The number of thiophene rings is 1. The van der Waals surface area contributed by atoms with E-state index in [0.29, 0.717) is 32.1 Å². The molecule has 2 aromatic rings. The van der Waals surface area contributed by atoms with Crippen molar-refractivity contribution in [1.82, 2.24) is 5.32 Å². The Morgan fingerprint density at radius 1 is 1.16 bits per heavy atom. The minimum Gasteiger partial charge on any atom is -0.462 e. The quantitative estimate of drug-likeness (QED) is 0.462. The highest BCUT2D eigenvalue weighted by molar-refractivity contribution is 7.80. The third-order valence-corrected chi connectivity index (χ3v) is 5.97. The fraction of sp³-hybridized carbons (Fsp3) is 0.381. The molecule has 1 aromatic heterocycles. The van der Waals surface area contributed by atoms with E-state index in [4.69, 9.17) is 31.2 Å². The van der Waals surface area contributed by atoms with Gasteiger partial charge in [0.05, 0.1) is 24.8 Å². The molecule has 0 aliphatic carbocycles. The van der Waals surface area contributed by atoms with Gasteiger partial charge in [-0.05, 0) is 63.2 Å². The van der Waals surface area contributed by atoms with Gasteiger partial charge in [-0.15, -0.1) is 11.3 Å². The maximum atomic E-state index is 12.5. The van der Waals surface area contributed by atoms with Crippen LogP contribution >= 0.6 is 23.6 Å². The number of carbonyl (C=O) groups excluding carboxylic acids is 2. The van der Waals surface area contributed by atoms with E-state index in [1.807, 2.05) is 25.1 Å². The van der Waals surface area contributed by atoms with Crippen LogP contribution in [0.1, 0.15) is 58.0 Å². The summed E-state index contributed by atoms with van der Waals surface area (Å²) < 4.78 is 21.0. The van der Waals surface area contributed by atoms with Crippen LogP contribution in [0.15, 0.2) is 18.2 Å². The van der Waals surface area contributed by atoms with Gasteiger partial charge in [-0.1, -0.05) is 6.07 Å². The molecule has 166 valence electrons. The molecule has 0 bridgehead atoms. The van der Waals surface area contributed by atoms with Crippen molar-refractivity contribution in [2.45, 2.75) is 33.7 Å². The Morgan fingerprint density at radius 2 is 1.84 bits per heavy atom. The molecule has 0 spiro atoms. The molecule has 2 N–H and O–H groups in total. The molecule has 1 aromatic carbocycles. The van der Waals surface area contributed by atoms with Gasteiger partial charge in [0.15, 0.2) is 16.6 Å². The van der Waals surface area contributed by atoms with E-state index in [9.17, 15) is 9.59 Å².